The smallest absolute Gasteiger partial charge is 0.336 e. The maximum Gasteiger partial charge on any atom is 0.336 e. The third-order valence-electron chi connectivity index (χ3n) is 2.79. The van der Waals surface area contributed by atoms with Gasteiger partial charge in [-0.1, -0.05) is 0 Å². The average molecular weight is 291 g/mol. The maximum atomic E-state index is 11.5. The van der Waals surface area contributed by atoms with Crippen LogP contribution in [0.4, 0.5) is 0 Å². The lowest BCUT2D eigenvalue weighted by Crippen LogP contribution is -2.25. The van der Waals surface area contributed by atoms with Crippen LogP contribution in [0.15, 0.2) is 32.5 Å². The van der Waals surface area contributed by atoms with E-state index in [1.54, 1.807) is 19.9 Å². The molecule has 0 radical (unpaired) electrons. The van der Waals surface area contributed by atoms with Gasteiger partial charge in [-0.15, -0.1) is 0 Å². The van der Waals surface area contributed by atoms with Crippen molar-refractivity contribution in [3.8, 4) is 5.75 Å². The van der Waals surface area contributed by atoms with Gasteiger partial charge in [0, 0.05) is 11.5 Å². The number of rotatable bonds is 2. The van der Waals surface area contributed by atoms with Crippen LogP contribution in [0.3, 0.4) is 0 Å². The van der Waals surface area contributed by atoms with Crippen LogP contribution in [0.1, 0.15) is 18.1 Å². The first-order valence-electron chi connectivity index (χ1n) is 5.76. The van der Waals surface area contributed by atoms with Gasteiger partial charge in [-0.3, -0.25) is 5.43 Å². The van der Waals surface area contributed by atoms with E-state index in [4.69, 9.17) is 10.2 Å². The van der Waals surface area contributed by atoms with Crippen molar-refractivity contribution < 1.29 is 9.52 Å². The number of thiocarbonyl (C=S) groups is 1. The Morgan fingerprint density at radius 2 is 2.20 bits per heavy atom. The largest absolute Gasteiger partial charge is 0.507 e. The first-order valence-corrected chi connectivity index (χ1v) is 6.17. The molecule has 0 aliphatic carbocycles. The van der Waals surface area contributed by atoms with Crippen LogP contribution in [0.5, 0.6) is 5.75 Å². The Labute approximate surface area is 119 Å². The summed E-state index contributed by atoms with van der Waals surface area (Å²) in [7, 11) is 0. The zero-order valence-electron chi connectivity index (χ0n) is 10.9. The van der Waals surface area contributed by atoms with Gasteiger partial charge in [-0.25, -0.2) is 4.79 Å². The van der Waals surface area contributed by atoms with Gasteiger partial charge in [0.2, 0.25) is 0 Å². The summed E-state index contributed by atoms with van der Waals surface area (Å²) in [5.74, 6) is -0.0442. The van der Waals surface area contributed by atoms with Crippen molar-refractivity contribution in [2.45, 2.75) is 13.8 Å². The number of fused-ring (bicyclic) bond motifs is 1. The Hall–Kier alpha value is -2.41. The van der Waals surface area contributed by atoms with Gasteiger partial charge < -0.3 is 15.3 Å². The zero-order valence-corrected chi connectivity index (χ0v) is 11.7. The molecule has 7 heteroatoms. The van der Waals surface area contributed by atoms with Gasteiger partial charge in [0.1, 0.15) is 5.75 Å². The Morgan fingerprint density at radius 1 is 1.50 bits per heavy atom. The maximum absolute atomic E-state index is 11.5. The zero-order chi connectivity index (χ0) is 14.9. The van der Waals surface area contributed by atoms with Crippen molar-refractivity contribution in [2.75, 3.05) is 0 Å². The van der Waals surface area contributed by atoms with Crippen molar-refractivity contribution in [1.82, 2.24) is 5.43 Å². The molecular formula is C13H13N3O3S. The van der Waals surface area contributed by atoms with Crippen molar-refractivity contribution in [2.24, 2.45) is 10.8 Å². The van der Waals surface area contributed by atoms with Gasteiger partial charge >= 0.3 is 5.63 Å². The van der Waals surface area contributed by atoms with E-state index in [2.05, 4.69) is 22.7 Å². The molecule has 0 unspecified atom stereocenters. The van der Waals surface area contributed by atoms with Crippen LogP contribution in [0, 0.1) is 6.92 Å². The average Bonchev–Trinajstić information content (AvgIpc) is 2.35. The second-order valence-electron chi connectivity index (χ2n) is 4.26. The summed E-state index contributed by atoms with van der Waals surface area (Å²) in [5, 5.41) is 14.7. The van der Waals surface area contributed by atoms with Gasteiger partial charge in [0.15, 0.2) is 10.7 Å². The molecule has 0 saturated heterocycles. The van der Waals surface area contributed by atoms with Gasteiger partial charge in [0.05, 0.1) is 11.3 Å². The molecule has 20 heavy (non-hydrogen) atoms. The summed E-state index contributed by atoms with van der Waals surface area (Å²) in [6.07, 6.45) is 0. The quantitative estimate of drug-likeness (QED) is 0.334. The minimum absolute atomic E-state index is 0.00158. The molecule has 0 atom stereocenters. The number of hydrogen-bond acceptors (Lipinski definition) is 5. The molecule has 0 saturated carbocycles. The van der Waals surface area contributed by atoms with Crippen LogP contribution in [0.2, 0.25) is 0 Å². The summed E-state index contributed by atoms with van der Waals surface area (Å²) < 4.78 is 5.19. The van der Waals surface area contributed by atoms with Crippen LogP contribution in [-0.2, 0) is 0 Å². The predicted molar refractivity (Wildman–Crippen MR) is 81.0 cm³/mol. The second kappa shape index (κ2) is 5.30. The lowest BCUT2D eigenvalue weighted by molar-refractivity contribution is 0.471. The molecule has 0 spiro atoms. The highest BCUT2D eigenvalue weighted by Gasteiger charge is 2.14. The molecule has 0 bridgehead atoms. The third kappa shape index (κ3) is 2.62. The van der Waals surface area contributed by atoms with E-state index in [-0.39, 0.29) is 16.4 Å². The molecule has 0 aliphatic heterocycles. The SMILES string of the molecule is C/C(=N\NC(N)=S)c1c(O)ccc2c(C)cc(=O)oc12. The minimum atomic E-state index is -0.489. The molecule has 1 aromatic heterocycles. The highest BCUT2D eigenvalue weighted by molar-refractivity contribution is 7.80. The highest BCUT2D eigenvalue weighted by Crippen LogP contribution is 2.28. The van der Waals surface area contributed by atoms with E-state index in [0.29, 0.717) is 11.3 Å². The van der Waals surface area contributed by atoms with Crippen molar-refractivity contribution in [3.63, 3.8) is 0 Å². The van der Waals surface area contributed by atoms with E-state index in [9.17, 15) is 9.90 Å². The fourth-order valence-electron chi connectivity index (χ4n) is 1.92. The molecular weight excluding hydrogens is 278 g/mol. The Kier molecular flexibility index (Phi) is 3.71. The number of aromatic hydroxyl groups is 1. The molecule has 0 amide bonds. The highest BCUT2D eigenvalue weighted by atomic mass is 32.1. The van der Waals surface area contributed by atoms with E-state index >= 15 is 0 Å². The molecule has 6 nitrogen and oxygen atoms in total. The lowest BCUT2D eigenvalue weighted by atomic mass is 10.0. The topological polar surface area (TPSA) is 101 Å². The summed E-state index contributed by atoms with van der Waals surface area (Å²) >= 11 is 4.66. The molecule has 0 fully saturated rings. The van der Waals surface area contributed by atoms with Gasteiger partial charge in [-0.2, -0.15) is 5.10 Å². The Balaban J connectivity index is 2.74. The molecule has 104 valence electrons. The van der Waals surface area contributed by atoms with Crippen LogP contribution >= 0.6 is 12.2 Å². The number of benzene rings is 1. The van der Waals surface area contributed by atoms with E-state index < -0.39 is 5.63 Å². The van der Waals surface area contributed by atoms with Crippen LogP contribution in [0.25, 0.3) is 11.0 Å². The first kappa shape index (κ1) is 14.0. The third-order valence-corrected chi connectivity index (χ3v) is 2.88. The van der Waals surface area contributed by atoms with Crippen molar-refractivity contribution in [1.29, 1.82) is 0 Å². The number of nitrogens with zero attached hydrogens (tertiary/aromatic N) is 1. The first-order chi connectivity index (χ1) is 9.40. The Morgan fingerprint density at radius 3 is 2.85 bits per heavy atom. The normalized spacial score (nSPS) is 11.6. The predicted octanol–water partition coefficient (Wildman–Crippen LogP) is 1.36. The van der Waals surface area contributed by atoms with Gasteiger partial charge in [0.25, 0.3) is 0 Å². The number of hydrazone groups is 1. The summed E-state index contributed by atoms with van der Waals surface area (Å²) in [6.45, 7) is 3.43. The second-order valence-corrected chi connectivity index (χ2v) is 4.70. The Bertz CT molecular complexity index is 780. The summed E-state index contributed by atoms with van der Waals surface area (Å²) in [5.41, 5.74) is 9.00. The number of aryl methyl sites for hydroxylation is 1. The molecule has 0 aliphatic rings. The van der Waals surface area contributed by atoms with E-state index in [1.165, 1.54) is 12.1 Å². The van der Waals surface area contributed by atoms with Crippen molar-refractivity contribution in [3.05, 3.63) is 39.7 Å². The molecule has 2 aromatic rings. The fraction of sp³-hybridized carbons (Fsp3) is 0.154. The van der Waals surface area contributed by atoms with Gasteiger partial charge in [-0.05, 0) is 43.8 Å². The monoisotopic (exact) mass is 291 g/mol. The fourth-order valence-corrected chi connectivity index (χ4v) is 1.96. The van der Waals surface area contributed by atoms with Crippen LogP contribution in [-0.4, -0.2) is 15.9 Å². The molecule has 2 rings (SSSR count). The summed E-state index contributed by atoms with van der Waals surface area (Å²) in [4.78, 5) is 11.5. The minimum Gasteiger partial charge on any atom is -0.507 e. The number of hydrogen-bond donors (Lipinski definition) is 3. The van der Waals surface area contributed by atoms with Crippen molar-refractivity contribution >= 4 is 34.0 Å². The number of phenols is 1. The molecule has 1 aromatic carbocycles. The lowest BCUT2D eigenvalue weighted by Gasteiger charge is -2.09. The number of nitrogens with two attached hydrogens (primary N) is 1. The van der Waals surface area contributed by atoms with E-state index in [1.807, 2.05) is 0 Å². The number of phenolic OH excluding ortho intramolecular Hbond substituents is 1. The molecule has 1 heterocycles. The standard InChI is InChI=1S/C13H13N3O3S/c1-6-5-10(18)19-12-8(6)3-4-9(17)11(12)7(2)15-16-13(14)20/h3-5,17H,1-2H3,(H3,14,16,20)/b15-7+. The molecule has 4 N–H and O–H groups in total. The number of nitrogens with one attached hydrogen (secondary N) is 1. The summed E-state index contributed by atoms with van der Waals surface area (Å²) in [6, 6.07) is 4.59. The van der Waals surface area contributed by atoms with E-state index in [0.717, 1.165) is 10.9 Å². The van der Waals surface area contributed by atoms with Crippen LogP contribution < -0.4 is 16.8 Å².